The first kappa shape index (κ1) is 14.9. The molecule has 0 aliphatic carbocycles. The number of fused-ring (bicyclic) bond motifs is 1. The number of benzene rings is 1. The first-order chi connectivity index (χ1) is 9.39. The molecule has 0 aromatic heterocycles. The van der Waals surface area contributed by atoms with Crippen LogP contribution in [0.5, 0.6) is 0 Å². The number of hydrogen-bond donors (Lipinski definition) is 2. The fourth-order valence-electron chi connectivity index (χ4n) is 2.88. The van der Waals surface area contributed by atoms with Crippen LogP contribution in [0.1, 0.15) is 25.3 Å². The first-order valence-electron chi connectivity index (χ1n) is 7.14. The molecule has 1 aromatic carbocycles. The molecule has 20 heavy (non-hydrogen) atoms. The first-order valence-corrected chi connectivity index (χ1v) is 7.14. The summed E-state index contributed by atoms with van der Waals surface area (Å²) in [6, 6.07) is 8.04. The topological polar surface area (TPSA) is 44.4 Å². The highest BCUT2D eigenvalue weighted by Gasteiger charge is 2.29. The van der Waals surface area contributed by atoms with Gasteiger partial charge in [-0.2, -0.15) is 0 Å². The zero-order valence-electron chi connectivity index (χ0n) is 12.9. The van der Waals surface area contributed by atoms with Crippen molar-refractivity contribution in [2.75, 3.05) is 39.0 Å². The van der Waals surface area contributed by atoms with Crippen molar-refractivity contribution in [3.8, 4) is 0 Å². The Hall–Kier alpha value is -1.55. The van der Waals surface area contributed by atoms with Crippen LogP contribution in [0, 0.1) is 5.41 Å². The molecule has 0 saturated carbocycles. The quantitative estimate of drug-likeness (QED) is 0.862. The molecule has 1 aliphatic rings. The highest BCUT2D eigenvalue weighted by Crippen LogP contribution is 2.31. The maximum Gasteiger partial charge on any atom is 0.229 e. The van der Waals surface area contributed by atoms with Gasteiger partial charge in [-0.15, -0.1) is 0 Å². The van der Waals surface area contributed by atoms with Gasteiger partial charge in [0, 0.05) is 25.3 Å². The van der Waals surface area contributed by atoms with Crippen LogP contribution >= 0.6 is 0 Å². The lowest BCUT2D eigenvalue weighted by molar-refractivity contribution is -0.122. The van der Waals surface area contributed by atoms with Gasteiger partial charge < -0.3 is 15.5 Å². The molecule has 1 heterocycles. The second-order valence-corrected chi connectivity index (χ2v) is 6.64. The van der Waals surface area contributed by atoms with Crippen molar-refractivity contribution in [2.45, 2.75) is 19.8 Å². The molecule has 0 saturated heterocycles. The van der Waals surface area contributed by atoms with E-state index in [4.69, 9.17) is 0 Å². The second kappa shape index (κ2) is 5.83. The molecule has 4 nitrogen and oxygen atoms in total. The number of nitrogens with one attached hydrogen (secondary N) is 2. The molecule has 1 aliphatic heterocycles. The molecule has 0 radical (unpaired) electrons. The van der Waals surface area contributed by atoms with Crippen LogP contribution in [0.25, 0.3) is 0 Å². The Morgan fingerprint density at radius 1 is 1.40 bits per heavy atom. The lowest BCUT2D eigenvalue weighted by atomic mass is 9.92. The normalized spacial score (nSPS) is 17.8. The Labute approximate surface area is 121 Å². The Morgan fingerprint density at radius 2 is 2.10 bits per heavy atom. The van der Waals surface area contributed by atoms with E-state index in [0.29, 0.717) is 13.1 Å². The van der Waals surface area contributed by atoms with Crippen LogP contribution in [-0.4, -0.2) is 44.5 Å². The van der Waals surface area contributed by atoms with Crippen LogP contribution in [0.3, 0.4) is 0 Å². The number of amides is 1. The molecule has 110 valence electrons. The molecule has 0 bridgehead atoms. The third-order valence-corrected chi connectivity index (χ3v) is 3.63. The molecular formula is C16H25N3O. The summed E-state index contributed by atoms with van der Waals surface area (Å²) in [4.78, 5) is 14.5. The Bertz CT molecular complexity index is 482. The lowest BCUT2D eigenvalue weighted by Crippen LogP contribution is -2.41. The number of para-hydroxylation sites is 1. The minimum atomic E-state index is -0.0682. The van der Waals surface area contributed by atoms with Crippen LogP contribution in [0.2, 0.25) is 0 Å². The fourth-order valence-corrected chi connectivity index (χ4v) is 2.88. The summed E-state index contributed by atoms with van der Waals surface area (Å²) in [5.74, 6) is 0.0515. The Kier molecular flexibility index (Phi) is 4.33. The van der Waals surface area contributed by atoms with Crippen LogP contribution in [0.15, 0.2) is 24.3 Å². The van der Waals surface area contributed by atoms with Crippen LogP contribution in [-0.2, 0) is 4.79 Å². The average Bonchev–Trinajstić information content (AvgIpc) is 2.78. The van der Waals surface area contributed by atoms with Gasteiger partial charge in [0.25, 0.3) is 0 Å². The number of carbonyl (C=O) groups is 1. The average molecular weight is 275 g/mol. The number of hydrogen-bond acceptors (Lipinski definition) is 3. The summed E-state index contributed by atoms with van der Waals surface area (Å²) < 4.78 is 0. The number of nitrogens with zero attached hydrogens (tertiary/aromatic N) is 1. The minimum absolute atomic E-state index is 0.0682. The Balaban J connectivity index is 1.94. The van der Waals surface area contributed by atoms with E-state index in [1.165, 1.54) is 0 Å². The molecule has 4 heteroatoms. The molecule has 0 spiro atoms. The van der Waals surface area contributed by atoms with Gasteiger partial charge >= 0.3 is 0 Å². The summed E-state index contributed by atoms with van der Waals surface area (Å²) in [5.41, 5.74) is 2.26. The number of rotatable bonds is 5. The van der Waals surface area contributed by atoms with Gasteiger partial charge in [-0.25, -0.2) is 0 Å². The van der Waals surface area contributed by atoms with Gasteiger partial charge in [0.2, 0.25) is 5.91 Å². The van der Waals surface area contributed by atoms with Gasteiger partial charge in [0.15, 0.2) is 0 Å². The van der Waals surface area contributed by atoms with E-state index in [2.05, 4.69) is 43.5 Å². The van der Waals surface area contributed by atoms with E-state index in [9.17, 15) is 4.79 Å². The standard InChI is InChI=1S/C16H25N3O/c1-16(2,11-19(3)4)10-18-15(20)13-9-17-14-8-6-5-7-12(13)14/h5-8,13,17H,9-11H2,1-4H3,(H,18,20). The van der Waals surface area contributed by atoms with Crippen molar-refractivity contribution in [1.82, 2.24) is 10.2 Å². The Morgan fingerprint density at radius 3 is 2.80 bits per heavy atom. The van der Waals surface area contributed by atoms with E-state index < -0.39 is 0 Å². The number of anilines is 1. The third-order valence-electron chi connectivity index (χ3n) is 3.63. The second-order valence-electron chi connectivity index (χ2n) is 6.64. The van der Waals surface area contributed by atoms with Gasteiger partial charge in [0.1, 0.15) is 0 Å². The fraction of sp³-hybridized carbons (Fsp3) is 0.562. The van der Waals surface area contributed by atoms with Crippen LogP contribution < -0.4 is 10.6 Å². The third kappa shape index (κ3) is 3.51. The SMILES string of the molecule is CN(C)CC(C)(C)CNC(=O)C1CNc2ccccc21. The summed E-state index contributed by atoms with van der Waals surface area (Å²) in [7, 11) is 4.11. The highest BCUT2D eigenvalue weighted by molar-refractivity contribution is 5.88. The van der Waals surface area contributed by atoms with Gasteiger partial charge in [-0.1, -0.05) is 32.0 Å². The molecule has 1 aromatic rings. The zero-order chi connectivity index (χ0) is 14.8. The van der Waals surface area contributed by atoms with Crippen molar-refractivity contribution in [3.63, 3.8) is 0 Å². The summed E-state index contributed by atoms with van der Waals surface area (Å²) >= 11 is 0. The summed E-state index contributed by atoms with van der Waals surface area (Å²) in [5, 5.41) is 6.40. The molecule has 0 fully saturated rings. The van der Waals surface area contributed by atoms with E-state index in [1.54, 1.807) is 0 Å². The smallest absolute Gasteiger partial charge is 0.229 e. The lowest BCUT2D eigenvalue weighted by Gasteiger charge is -2.29. The van der Waals surface area contributed by atoms with E-state index >= 15 is 0 Å². The van der Waals surface area contributed by atoms with Crippen molar-refractivity contribution in [1.29, 1.82) is 0 Å². The van der Waals surface area contributed by atoms with Crippen molar-refractivity contribution < 1.29 is 4.79 Å². The largest absolute Gasteiger partial charge is 0.384 e. The molecule has 2 rings (SSSR count). The zero-order valence-corrected chi connectivity index (χ0v) is 12.9. The van der Waals surface area contributed by atoms with Crippen LogP contribution in [0.4, 0.5) is 5.69 Å². The van der Waals surface area contributed by atoms with Gasteiger partial charge in [-0.3, -0.25) is 4.79 Å². The maximum atomic E-state index is 12.4. The van der Waals surface area contributed by atoms with E-state index in [1.807, 2.05) is 24.3 Å². The summed E-state index contributed by atoms with van der Waals surface area (Å²) in [6.07, 6.45) is 0. The predicted octanol–water partition coefficient (Wildman–Crippen LogP) is 1.90. The molecular weight excluding hydrogens is 250 g/mol. The molecule has 1 atom stereocenters. The minimum Gasteiger partial charge on any atom is -0.384 e. The summed E-state index contributed by atoms with van der Waals surface area (Å²) in [6.45, 7) is 6.69. The van der Waals surface area contributed by atoms with Gasteiger partial charge in [-0.05, 0) is 31.1 Å². The maximum absolute atomic E-state index is 12.4. The van der Waals surface area contributed by atoms with Crippen molar-refractivity contribution in [3.05, 3.63) is 29.8 Å². The van der Waals surface area contributed by atoms with Crippen molar-refractivity contribution in [2.24, 2.45) is 5.41 Å². The highest BCUT2D eigenvalue weighted by atomic mass is 16.1. The monoisotopic (exact) mass is 275 g/mol. The molecule has 1 amide bonds. The van der Waals surface area contributed by atoms with Gasteiger partial charge in [0.05, 0.1) is 5.92 Å². The van der Waals surface area contributed by atoms with Crippen molar-refractivity contribution >= 4 is 11.6 Å². The predicted molar refractivity (Wildman–Crippen MR) is 83.0 cm³/mol. The molecule has 2 N–H and O–H groups in total. The van der Waals surface area contributed by atoms with E-state index in [0.717, 1.165) is 17.8 Å². The molecule has 1 unspecified atom stereocenters. The van der Waals surface area contributed by atoms with E-state index in [-0.39, 0.29) is 17.2 Å². The number of carbonyl (C=O) groups excluding carboxylic acids is 1.